The number of carbonyl (C=O) groups excluding carboxylic acids is 1. The van der Waals surface area contributed by atoms with E-state index in [2.05, 4.69) is 10.2 Å². The van der Waals surface area contributed by atoms with Crippen LogP contribution >= 0.6 is 0 Å². The number of benzene rings is 1. The Balaban J connectivity index is 1.56. The fourth-order valence-electron chi connectivity index (χ4n) is 2.83. The number of nitrogens with one attached hydrogen (secondary N) is 1. The van der Waals surface area contributed by atoms with Crippen LogP contribution in [0.5, 0.6) is 0 Å². The molecular weight excluding hydrogens is 257 g/mol. The maximum absolute atomic E-state index is 13.7. The van der Waals surface area contributed by atoms with Crippen molar-refractivity contribution in [1.29, 1.82) is 0 Å². The van der Waals surface area contributed by atoms with Gasteiger partial charge in [0.1, 0.15) is 5.82 Å². The Morgan fingerprint density at radius 1 is 1.25 bits per heavy atom. The maximum Gasteiger partial charge on any atom is 0.254 e. The van der Waals surface area contributed by atoms with E-state index in [4.69, 9.17) is 5.73 Å². The molecule has 0 atom stereocenters. The van der Waals surface area contributed by atoms with E-state index < -0.39 is 5.82 Å². The number of likely N-dealkylation sites (tertiary alicyclic amines) is 1. The molecule has 108 valence electrons. The maximum atomic E-state index is 13.7. The van der Waals surface area contributed by atoms with Crippen LogP contribution in [-0.2, 0) is 0 Å². The molecule has 1 aromatic carbocycles. The summed E-state index contributed by atoms with van der Waals surface area (Å²) >= 11 is 0. The molecule has 1 aromatic rings. The number of anilines is 1. The van der Waals surface area contributed by atoms with Crippen molar-refractivity contribution in [3.8, 4) is 0 Å². The summed E-state index contributed by atoms with van der Waals surface area (Å²) < 4.78 is 13.7. The summed E-state index contributed by atoms with van der Waals surface area (Å²) in [6.07, 6.45) is 4.51. The highest BCUT2D eigenvalue weighted by Gasteiger charge is 2.32. The summed E-state index contributed by atoms with van der Waals surface area (Å²) in [5.74, 6) is -0.898. The van der Waals surface area contributed by atoms with Gasteiger partial charge in [-0.3, -0.25) is 4.79 Å². The molecule has 1 heterocycles. The molecule has 0 bridgehead atoms. The third kappa shape index (κ3) is 2.93. The molecule has 0 spiro atoms. The molecule has 0 radical (unpaired) electrons. The highest BCUT2D eigenvalue weighted by atomic mass is 19.1. The van der Waals surface area contributed by atoms with Crippen LogP contribution in [0.15, 0.2) is 18.2 Å². The summed E-state index contributed by atoms with van der Waals surface area (Å²) in [4.78, 5) is 14.6. The predicted molar refractivity (Wildman–Crippen MR) is 75.9 cm³/mol. The van der Waals surface area contributed by atoms with Gasteiger partial charge in [-0.2, -0.15) is 0 Å². The van der Waals surface area contributed by atoms with E-state index in [-0.39, 0.29) is 17.5 Å². The van der Waals surface area contributed by atoms with Crippen molar-refractivity contribution in [3.63, 3.8) is 0 Å². The van der Waals surface area contributed by atoms with E-state index in [0.29, 0.717) is 5.69 Å². The number of amides is 1. The van der Waals surface area contributed by atoms with Crippen LogP contribution in [0.4, 0.5) is 10.1 Å². The third-order valence-electron chi connectivity index (χ3n) is 4.17. The highest BCUT2D eigenvalue weighted by molar-refractivity contribution is 5.95. The number of rotatable bonds is 3. The van der Waals surface area contributed by atoms with Crippen molar-refractivity contribution in [3.05, 3.63) is 29.6 Å². The van der Waals surface area contributed by atoms with Gasteiger partial charge in [0.2, 0.25) is 0 Å². The Bertz CT molecular complexity index is 508. The van der Waals surface area contributed by atoms with Crippen molar-refractivity contribution in [2.45, 2.75) is 37.8 Å². The van der Waals surface area contributed by atoms with Gasteiger partial charge < -0.3 is 16.0 Å². The van der Waals surface area contributed by atoms with E-state index >= 15 is 0 Å². The Morgan fingerprint density at radius 3 is 2.55 bits per heavy atom. The molecule has 1 aliphatic heterocycles. The van der Waals surface area contributed by atoms with Crippen molar-refractivity contribution in [2.75, 3.05) is 18.8 Å². The molecule has 1 amide bonds. The molecule has 1 aliphatic carbocycles. The lowest BCUT2D eigenvalue weighted by molar-refractivity contribution is 0.0905. The summed E-state index contributed by atoms with van der Waals surface area (Å²) in [6, 6.07) is 5.10. The molecule has 4 nitrogen and oxygen atoms in total. The van der Waals surface area contributed by atoms with Crippen LogP contribution in [0.25, 0.3) is 0 Å². The number of nitrogens with two attached hydrogens (primary N) is 1. The van der Waals surface area contributed by atoms with Crippen molar-refractivity contribution < 1.29 is 9.18 Å². The van der Waals surface area contributed by atoms with Crippen molar-refractivity contribution in [1.82, 2.24) is 10.2 Å². The van der Waals surface area contributed by atoms with Crippen molar-refractivity contribution >= 4 is 11.6 Å². The Morgan fingerprint density at radius 2 is 1.95 bits per heavy atom. The topological polar surface area (TPSA) is 58.4 Å². The summed E-state index contributed by atoms with van der Waals surface area (Å²) in [5, 5.41) is 2.93. The molecule has 0 aromatic heterocycles. The molecule has 1 saturated carbocycles. The summed E-state index contributed by atoms with van der Waals surface area (Å²) in [7, 11) is 0. The molecule has 3 N–H and O–H groups in total. The summed E-state index contributed by atoms with van der Waals surface area (Å²) in [5.41, 5.74) is 5.89. The number of nitrogen functional groups attached to an aromatic ring is 1. The van der Waals surface area contributed by atoms with Crippen LogP contribution < -0.4 is 11.1 Å². The van der Waals surface area contributed by atoms with E-state index in [9.17, 15) is 9.18 Å². The molecule has 20 heavy (non-hydrogen) atoms. The van der Waals surface area contributed by atoms with Crippen LogP contribution in [-0.4, -0.2) is 36.0 Å². The Hall–Kier alpha value is -1.62. The van der Waals surface area contributed by atoms with Crippen molar-refractivity contribution in [2.24, 2.45) is 0 Å². The Kier molecular flexibility index (Phi) is 3.61. The zero-order chi connectivity index (χ0) is 14.1. The van der Waals surface area contributed by atoms with Gasteiger partial charge in [0.05, 0.1) is 5.56 Å². The second-order valence-electron chi connectivity index (χ2n) is 5.75. The zero-order valence-electron chi connectivity index (χ0n) is 11.4. The highest BCUT2D eigenvalue weighted by Crippen LogP contribution is 2.29. The van der Waals surface area contributed by atoms with Crippen LogP contribution in [0.1, 0.15) is 36.0 Å². The van der Waals surface area contributed by atoms with Gasteiger partial charge >= 0.3 is 0 Å². The SMILES string of the molecule is Nc1ccc(C(=O)NC2CCN(C3CC3)CC2)c(F)c1. The van der Waals surface area contributed by atoms with E-state index in [0.717, 1.165) is 32.0 Å². The number of piperidine rings is 1. The fraction of sp³-hybridized carbons (Fsp3) is 0.533. The zero-order valence-corrected chi connectivity index (χ0v) is 11.4. The number of nitrogens with zero attached hydrogens (tertiary/aromatic N) is 1. The minimum atomic E-state index is -0.557. The van der Waals surface area contributed by atoms with Crippen LogP contribution in [0.3, 0.4) is 0 Å². The molecule has 2 fully saturated rings. The third-order valence-corrected chi connectivity index (χ3v) is 4.17. The molecule has 0 unspecified atom stereocenters. The first-order valence-corrected chi connectivity index (χ1v) is 7.23. The van der Waals surface area contributed by atoms with Gasteiger partial charge in [-0.25, -0.2) is 4.39 Å². The predicted octanol–water partition coefficient (Wildman–Crippen LogP) is 1.76. The molecule has 5 heteroatoms. The molecule has 3 rings (SSSR count). The molecule has 2 aliphatic rings. The lowest BCUT2D eigenvalue weighted by atomic mass is 10.0. The van der Waals surface area contributed by atoms with Gasteiger partial charge in [-0.05, 0) is 43.9 Å². The first-order chi connectivity index (χ1) is 9.63. The van der Waals surface area contributed by atoms with Gasteiger partial charge in [0.15, 0.2) is 0 Å². The van der Waals surface area contributed by atoms with Crippen LogP contribution in [0.2, 0.25) is 0 Å². The lowest BCUT2D eigenvalue weighted by Gasteiger charge is -2.32. The number of hydrogen-bond acceptors (Lipinski definition) is 3. The minimum absolute atomic E-state index is 0.0730. The smallest absolute Gasteiger partial charge is 0.254 e. The molecule has 1 saturated heterocycles. The second-order valence-corrected chi connectivity index (χ2v) is 5.75. The second kappa shape index (κ2) is 5.40. The first-order valence-electron chi connectivity index (χ1n) is 7.23. The average Bonchev–Trinajstić information content (AvgIpc) is 3.23. The van der Waals surface area contributed by atoms with Gasteiger partial charge in [-0.1, -0.05) is 0 Å². The molecular formula is C15H20FN3O. The standard InChI is InChI=1S/C15H20FN3O/c16-14-9-10(17)1-4-13(14)15(20)18-11-5-7-19(8-6-11)12-2-3-12/h1,4,9,11-12H,2-3,5-8,17H2,(H,18,20). The average molecular weight is 277 g/mol. The van der Waals surface area contributed by atoms with E-state index in [1.165, 1.54) is 25.0 Å². The first kappa shape index (κ1) is 13.4. The van der Waals surface area contributed by atoms with Gasteiger partial charge in [-0.15, -0.1) is 0 Å². The van der Waals surface area contributed by atoms with Gasteiger partial charge in [0, 0.05) is 30.9 Å². The minimum Gasteiger partial charge on any atom is -0.399 e. The fourth-order valence-corrected chi connectivity index (χ4v) is 2.83. The quantitative estimate of drug-likeness (QED) is 0.828. The normalized spacial score (nSPS) is 20.9. The lowest BCUT2D eigenvalue weighted by Crippen LogP contribution is -2.45. The largest absolute Gasteiger partial charge is 0.399 e. The Labute approximate surface area is 118 Å². The van der Waals surface area contributed by atoms with E-state index in [1.807, 2.05) is 0 Å². The number of hydrogen-bond donors (Lipinski definition) is 2. The van der Waals surface area contributed by atoms with Crippen LogP contribution in [0, 0.1) is 5.82 Å². The monoisotopic (exact) mass is 277 g/mol. The summed E-state index contributed by atoms with van der Waals surface area (Å²) in [6.45, 7) is 2.06. The van der Waals surface area contributed by atoms with E-state index in [1.54, 1.807) is 6.07 Å². The number of halogens is 1. The van der Waals surface area contributed by atoms with Gasteiger partial charge in [0.25, 0.3) is 5.91 Å². The number of carbonyl (C=O) groups is 1.